The fourth-order valence-corrected chi connectivity index (χ4v) is 1.83. The van der Waals surface area contributed by atoms with E-state index in [-0.39, 0.29) is 5.82 Å². The van der Waals surface area contributed by atoms with Gasteiger partial charge >= 0.3 is 0 Å². The molecule has 0 spiro atoms. The maximum absolute atomic E-state index is 13.6. The molecule has 0 fully saturated rings. The summed E-state index contributed by atoms with van der Waals surface area (Å²) >= 11 is 0. The monoisotopic (exact) mass is 275 g/mol. The molecule has 0 atom stereocenters. The molecule has 3 heteroatoms. The van der Waals surface area contributed by atoms with Crippen LogP contribution in [0.2, 0.25) is 0 Å². The van der Waals surface area contributed by atoms with Crippen molar-refractivity contribution in [3.05, 3.63) is 48.0 Å². The van der Waals surface area contributed by atoms with Crippen molar-refractivity contribution in [2.75, 3.05) is 7.11 Å². The highest BCUT2D eigenvalue weighted by Crippen LogP contribution is 2.28. The van der Waals surface area contributed by atoms with E-state index in [2.05, 4.69) is 18.8 Å². The van der Waals surface area contributed by atoms with Gasteiger partial charge in [0.15, 0.2) is 0 Å². The lowest BCUT2D eigenvalue weighted by Crippen LogP contribution is -1.92. The van der Waals surface area contributed by atoms with Gasteiger partial charge in [-0.2, -0.15) is 0 Å². The van der Waals surface area contributed by atoms with Gasteiger partial charge in [0.1, 0.15) is 11.6 Å². The number of ether oxygens (including phenoxy) is 1. The molecule has 2 rings (SSSR count). The summed E-state index contributed by atoms with van der Waals surface area (Å²) in [4.78, 5) is 3.75. The van der Waals surface area contributed by atoms with E-state index in [4.69, 9.17) is 4.74 Å². The summed E-state index contributed by atoms with van der Waals surface area (Å²) < 4.78 is 18.9. The first-order valence-corrected chi connectivity index (χ1v) is 6.94. The Labute approximate surface area is 120 Å². The normalized spacial score (nSPS) is 9.65. The number of aryl methyl sites for hydroxylation is 1. The summed E-state index contributed by atoms with van der Waals surface area (Å²) in [6, 6.07) is 7.36. The first-order chi connectivity index (χ1) is 9.67. The highest BCUT2D eigenvalue weighted by molar-refractivity contribution is 5.65. The van der Waals surface area contributed by atoms with Gasteiger partial charge < -0.3 is 4.74 Å². The highest BCUT2D eigenvalue weighted by Gasteiger charge is 2.07. The molecule has 0 saturated heterocycles. The van der Waals surface area contributed by atoms with Crippen LogP contribution in [0.3, 0.4) is 0 Å². The average molecular weight is 275 g/mol. The molecule has 108 valence electrons. The van der Waals surface area contributed by atoms with Gasteiger partial charge in [0.2, 0.25) is 0 Å². The first kappa shape index (κ1) is 16.2. The average Bonchev–Trinajstić information content (AvgIpc) is 2.48. The summed E-state index contributed by atoms with van der Waals surface area (Å²) in [5, 5.41) is 0. The topological polar surface area (TPSA) is 22.1 Å². The van der Waals surface area contributed by atoms with Crippen LogP contribution in [-0.2, 0) is 6.42 Å². The molecule has 20 heavy (non-hydrogen) atoms. The zero-order chi connectivity index (χ0) is 15.0. The smallest absolute Gasteiger partial charge is 0.149 e. The number of nitrogens with zero attached hydrogens (tertiary/aromatic N) is 1. The maximum Gasteiger partial charge on any atom is 0.149 e. The molecule has 0 aliphatic heterocycles. The maximum atomic E-state index is 13.6. The quantitative estimate of drug-likeness (QED) is 0.796. The van der Waals surface area contributed by atoms with Gasteiger partial charge in [-0.25, -0.2) is 4.39 Å². The minimum atomic E-state index is -0.306. The Morgan fingerprint density at radius 3 is 2.40 bits per heavy atom. The van der Waals surface area contributed by atoms with E-state index in [9.17, 15) is 4.39 Å². The van der Waals surface area contributed by atoms with Crippen LogP contribution < -0.4 is 4.74 Å². The summed E-state index contributed by atoms with van der Waals surface area (Å²) in [6.07, 6.45) is 4.92. The van der Waals surface area contributed by atoms with Crippen molar-refractivity contribution >= 4 is 0 Å². The number of rotatable bonds is 3. The number of aromatic nitrogens is 1. The number of pyridine rings is 1. The molecular weight excluding hydrogens is 253 g/mol. The second-order valence-corrected chi connectivity index (χ2v) is 4.44. The highest BCUT2D eigenvalue weighted by atomic mass is 19.1. The lowest BCUT2D eigenvalue weighted by molar-refractivity contribution is 0.410. The lowest BCUT2D eigenvalue weighted by Gasteiger charge is -2.09. The van der Waals surface area contributed by atoms with Crippen LogP contribution in [0.5, 0.6) is 5.75 Å². The lowest BCUT2D eigenvalue weighted by atomic mass is 10.0. The van der Waals surface area contributed by atoms with E-state index in [1.165, 1.54) is 12.6 Å². The standard InChI is InChI=1S/C14H14FNO.C3H8/c1-3-10-8-11(4-5-14(10)17-2)12-6-7-16-9-13(12)15;1-3-2/h4-9H,3H2,1-2H3;3H2,1-2H3. The molecule has 0 radical (unpaired) electrons. The molecule has 0 saturated carbocycles. The molecule has 1 aromatic heterocycles. The Hall–Kier alpha value is -1.90. The molecule has 1 heterocycles. The zero-order valence-corrected chi connectivity index (χ0v) is 12.6. The number of hydrogen-bond acceptors (Lipinski definition) is 2. The molecule has 1 aromatic carbocycles. The SMILES string of the molecule is CCC.CCc1cc(-c2ccncc2F)ccc1OC. The first-order valence-electron chi connectivity index (χ1n) is 6.94. The largest absolute Gasteiger partial charge is 0.496 e. The van der Waals surface area contributed by atoms with Gasteiger partial charge in [0.25, 0.3) is 0 Å². The van der Waals surface area contributed by atoms with Crippen LogP contribution in [0.1, 0.15) is 32.8 Å². The van der Waals surface area contributed by atoms with Crippen LogP contribution in [0.25, 0.3) is 11.1 Å². The third kappa shape index (κ3) is 4.05. The molecule has 0 N–H and O–H groups in total. The number of methoxy groups -OCH3 is 1. The Morgan fingerprint density at radius 2 is 1.85 bits per heavy atom. The summed E-state index contributed by atoms with van der Waals surface area (Å²) in [7, 11) is 1.64. The summed E-state index contributed by atoms with van der Waals surface area (Å²) in [5.74, 6) is 0.533. The molecule has 0 bridgehead atoms. The van der Waals surface area contributed by atoms with Crippen molar-refractivity contribution in [1.29, 1.82) is 0 Å². The number of benzene rings is 1. The van der Waals surface area contributed by atoms with E-state index >= 15 is 0 Å². The third-order valence-electron chi connectivity index (χ3n) is 2.74. The van der Waals surface area contributed by atoms with E-state index in [0.29, 0.717) is 5.56 Å². The summed E-state index contributed by atoms with van der Waals surface area (Å²) in [6.45, 7) is 6.30. The Bertz CT molecular complexity index is 540. The van der Waals surface area contributed by atoms with Crippen molar-refractivity contribution in [3.63, 3.8) is 0 Å². The Balaban J connectivity index is 0.000000612. The van der Waals surface area contributed by atoms with Crippen LogP contribution in [0.4, 0.5) is 4.39 Å². The molecule has 0 aliphatic carbocycles. The van der Waals surface area contributed by atoms with Gasteiger partial charge in [-0.05, 0) is 35.7 Å². The van der Waals surface area contributed by atoms with Gasteiger partial charge in [0.05, 0.1) is 13.3 Å². The van der Waals surface area contributed by atoms with Gasteiger partial charge in [-0.15, -0.1) is 0 Å². The van der Waals surface area contributed by atoms with Crippen molar-refractivity contribution < 1.29 is 9.13 Å². The van der Waals surface area contributed by atoms with E-state index in [0.717, 1.165) is 23.3 Å². The zero-order valence-electron chi connectivity index (χ0n) is 12.6. The summed E-state index contributed by atoms with van der Waals surface area (Å²) in [5.41, 5.74) is 2.49. The minimum Gasteiger partial charge on any atom is -0.496 e. The van der Waals surface area contributed by atoms with E-state index in [1.807, 2.05) is 25.1 Å². The predicted molar refractivity (Wildman–Crippen MR) is 81.5 cm³/mol. The number of halogens is 1. The fraction of sp³-hybridized carbons (Fsp3) is 0.353. The predicted octanol–water partition coefficient (Wildman–Crippen LogP) is 4.88. The van der Waals surface area contributed by atoms with Gasteiger partial charge in [0, 0.05) is 11.8 Å². The Morgan fingerprint density at radius 1 is 1.15 bits per heavy atom. The molecule has 2 nitrogen and oxygen atoms in total. The molecule has 0 unspecified atom stereocenters. The molecule has 2 aromatic rings. The van der Waals surface area contributed by atoms with Gasteiger partial charge in [-0.1, -0.05) is 33.3 Å². The van der Waals surface area contributed by atoms with Crippen LogP contribution in [0, 0.1) is 5.82 Å². The minimum absolute atomic E-state index is 0.306. The fourth-order valence-electron chi connectivity index (χ4n) is 1.83. The second-order valence-electron chi connectivity index (χ2n) is 4.44. The van der Waals surface area contributed by atoms with Crippen molar-refractivity contribution in [3.8, 4) is 16.9 Å². The van der Waals surface area contributed by atoms with Crippen LogP contribution >= 0.6 is 0 Å². The van der Waals surface area contributed by atoms with E-state index in [1.54, 1.807) is 19.4 Å². The van der Waals surface area contributed by atoms with Crippen molar-refractivity contribution in [2.45, 2.75) is 33.6 Å². The van der Waals surface area contributed by atoms with Crippen molar-refractivity contribution in [2.24, 2.45) is 0 Å². The second kappa shape index (κ2) is 8.31. The molecular formula is C17H22FNO. The number of hydrogen-bond donors (Lipinski definition) is 0. The van der Waals surface area contributed by atoms with Crippen LogP contribution in [0.15, 0.2) is 36.7 Å². The van der Waals surface area contributed by atoms with Crippen LogP contribution in [-0.4, -0.2) is 12.1 Å². The van der Waals surface area contributed by atoms with E-state index < -0.39 is 0 Å². The van der Waals surface area contributed by atoms with Gasteiger partial charge in [-0.3, -0.25) is 4.98 Å². The Kier molecular flexibility index (Phi) is 6.71. The van der Waals surface area contributed by atoms with Crippen molar-refractivity contribution in [1.82, 2.24) is 4.98 Å². The molecule has 0 amide bonds. The third-order valence-corrected chi connectivity index (χ3v) is 2.74. The molecule has 0 aliphatic rings.